The molecule has 2 aliphatic rings. The maximum Gasteiger partial charge on any atom is 0.264 e. The highest BCUT2D eigenvalue weighted by molar-refractivity contribution is 5.99. The van der Waals surface area contributed by atoms with Crippen LogP contribution in [-0.2, 0) is 12.8 Å². The van der Waals surface area contributed by atoms with Crippen LogP contribution in [0.1, 0.15) is 59.3 Å². The van der Waals surface area contributed by atoms with Gasteiger partial charge in [-0.3, -0.25) is 9.59 Å². The molecule has 3 aromatic rings. The Hall–Kier alpha value is -3.54. The van der Waals surface area contributed by atoms with E-state index in [-0.39, 0.29) is 17.2 Å². The number of rotatable bonds is 6. The lowest BCUT2D eigenvalue weighted by atomic mass is 9.99. The predicted molar refractivity (Wildman–Crippen MR) is 134 cm³/mol. The van der Waals surface area contributed by atoms with Gasteiger partial charge in [-0.05, 0) is 42.9 Å². The number of para-hydroxylation sites is 1. The first-order valence-electron chi connectivity index (χ1n) is 12.3. The molecule has 1 saturated heterocycles. The van der Waals surface area contributed by atoms with E-state index < -0.39 is 11.5 Å². The third-order valence-corrected chi connectivity index (χ3v) is 7.14. The van der Waals surface area contributed by atoms with E-state index in [1.165, 1.54) is 11.1 Å². The van der Waals surface area contributed by atoms with Crippen LogP contribution in [0.3, 0.4) is 0 Å². The molecule has 3 heterocycles. The molecule has 1 atom stereocenters. The van der Waals surface area contributed by atoms with Gasteiger partial charge in [-0.25, -0.2) is 0 Å². The number of aromatic nitrogens is 1. The number of anilines is 2. The predicted octanol–water partition coefficient (Wildman–Crippen LogP) is 4.75. The number of hydrogen-bond donors (Lipinski definition) is 2. The van der Waals surface area contributed by atoms with Crippen molar-refractivity contribution in [3.8, 4) is 5.75 Å². The van der Waals surface area contributed by atoms with Gasteiger partial charge < -0.3 is 19.9 Å². The molecule has 1 fully saturated rings. The number of nitrogens with one attached hydrogen (secondary N) is 1. The molecule has 34 heavy (non-hydrogen) atoms. The van der Waals surface area contributed by atoms with Gasteiger partial charge in [-0.2, -0.15) is 0 Å². The SMILES string of the molecule is CCCCc1[nH]c(=O)c(C(=O)N2CCC(c3ccccc3)C2)c(O)c1N1CCc2ccccc21. The Bertz CT molecular complexity index is 1250. The number of carbonyl (C=O) groups is 1. The summed E-state index contributed by atoms with van der Waals surface area (Å²) >= 11 is 0. The third-order valence-electron chi connectivity index (χ3n) is 7.14. The zero-order valence-electron chi connectivity index (χ0n) is 19.6. The number of likely N-dealkylation sites (tertiary alicyclic amines) is 1. The van der Waals surface area contributed by atoms with Gasteiger partial charge in [-0.1, -0.05) is 61.9 Å². The van der Waals surface area contributed by atoms with Gasteiger partial charge in [0.1, 0.15) is 11.3 Å². The zero-order chi connectivity index (χ0) is 23.7. The second kappa shape index (κ2) is 9.37. The topological polar surface area (TPSA) is 76.6 Å². The molecule has 0 spiro atoms. The molecule has 2 N–H and O–H groups in total. The zero-order valence-corrected chi connectivity index (χ0v) is 19.6. The molecule has 1 unspecified atom stereocenters. The minimum atomic E-state index is -0.506. The van der Waals surface area contributed by atoms with Gasteiger partial charge in [0, 0.05) is 36.9 Å². The van der Waals surface area contributed by atoms with Gasteiger partial charge in [0.05, 0.1) is 0 Å². The molecule has 6 heteroatoms. The van der Waals surface area contributed by atoms with Crippen LogP contribution in [-0.4, -0.2) is 40.5 Å². The maximum absolute atomic E-state index is 13.5. The van der Waals surface area contributed by atoms with E-state index in [1.807, 2.05) is 36.4 Å². The molecule has 0 saturated carbocycles. The summed E-state index contributed by atoms with van der Waals surface area (Å²) in [7, 11) is 0. The van der Waals surface area contributed by atoms with Crippen LogP contribution in [0.25, 0.3) is 0 Å². The smallest absolute Gasteiger partial charge is 0.264 e. The van der Waals surface area contributed by atoms with Crippen LogP contribution >= 0.6 is 0 Å². The summed E-state index contributed by atoms with van der Waals surface area (Å²) in [5, 5.41) is 11.4. The van der Waals surface area contributed by atoms with Crippen LogP contribution in [0, 0.1) is 0 Å². The number of hydrogen-bond acceptors (Lipinski definition) is 4. The largest absolute Gasteiger partial charge is 0.505 e. The summed E-state index contributed by atoms with van der Waals surface area (Å²) in [5.41, 5.74) is 4.03. The lowest BCUT2D eigenvalue weighted by molar-refractivity contribution is 0.0786. The lowest BCUT2D eigenvalue weighted by Gasteiger charge is -2.25. The molecule has 1 aromatic heterocycles. The number of benzene rings is 2. The molecule has 5 rings (SSSR count). The lowest BCUT2D eigenvalue weighted by Crippen LogP contribution is -2.34. The molecule has 176 valence electrons. The molecule has 2 aromatic carbocycles. The number of nitrogens with zero attached hydrogens (tertiary/aromatic N) is 2. The van der Waals surface area contributed by atoms with Crippen molar-refractivity contribution in [2.24, 2.45) is 0 Å². The van der Waals surface area contributed by atoms with Gasteiger partial charge in [0.15, 0.2) is 5.75 Å². The normalized spacial score (nSPS) is 17.3. The number of aromatic amines is 1. The Morgan fingerprint density at radius 1 is 1.09 bits per heavy atom. The monoisotopic (exact) mass is 457 g/mol. The summed E-state index contributed by atoms with van der Waals surface area (Å²) in [6.45, 7) is 3.90. The fourth-order valence-electron chi connectivity index (χ4n) is 5.32. The van der Waals surface area contributed by atoms with Crippen LogP contribution < -0.4 is 10.5 Å². The number of pyridine rings is 1. The summed E-state index contributed by atoms with van der Waals surface area (Å²) in [6.07, 6.45) is 4.19. The summed E-state index contributed by atoms with van der Waals surface area (Å²) < 4.78 is 0. The standard InChI is InChI=1S/C28H31N3O3/c1-2-3-12-22-25(31-17-15-20-11-7-8-13-23(20)31)26(32)24(27(33)29-22)28(34)30-16-14-21(18-30)19-9-5-4-6-10-19/h4-11,13,21H,2-3,12,14-18H2,1H3,(H2,29,32,33). The molecule has 1 amide bonds. The molecular weight excluding hydrogens is 426 g/mol. The first-order valence-corrected chi connectivity index (χ1v) is 12.3. The highest BCUT2D eigenvalue weighted by atomic mass is 16.3. The summed E-state index contributed by atoms with van der Waals surface area (Å²) in [4.78, 5) is 33.4. The molecule has 0 bridgehead atoms. The number of aromatic hydroxyl groups is 1. The van der Waals surface area contributed by atoms with Crippen LogP contribution in [0.2, 0.25) is 0 Å². The average Bonchev–Trinajstić information content (AvgIpc) is 3.51. The third kappa shape index (κ3) is 3.98. The Kier molecular flexibility index (Phi) is 6.14. The summed E-state index contributed by atoms with van der Waals surface area (Å²) in [5.74, 6) is -0.354. The summed E-state index contributed by atoms with van der Waals surface area (Å²) in [6, 6.07) is 18.3. The number of amides is 1. The first-order chi connectivity index (χ1) is 16.6. The Labute approximate surface area is 199 Å². The Balaban J connectivity index is 1.52. The van der Waals surface area contributed by atoms with E-state index >= 15 is 0 Å². The molecule has 0 radical (unpaired) electrons. The van der Waals surface area contributed by atoms with E-state index in [0.29, 0.717) is 37.4 Å². The van der Waals surface area contributed by atoms with Crippen LogP contribution in [0.15, 0.2) is 59.4 Å². The molecule has 0 aliphatic carbocycles. The van der Waals surface area contributed by atoms with Gasteiger partial charge in [0.25, 0.3) is 11.5 Å². The highest BCUT2D eigenvalue weighted by Crippen LogP contribution is 2.42. The average molecular weight is 458 g/mol. The van der Waals surface area contributed by atoms with Crippen molar-refractivity contribution in [1.82, 2.24) is 9.88 Å². The van der Waals surface area contributed by atoms with Crippen LogP contribution in [0.5, 0.6) is 5.75 Å². The highest BCUT2D eigenvalue weighted by Gasteiger charge is 2.34. The van der Waals surface area contributed by atoms with E-state index in [4.69, 9.17) is 0 Å². The molecular formula is C28H31N3O3. The van der Waals surface area contributed by atoms with E-state index in [2.05, 4.69) is 35.0 Å². The second-order valence-electron chi connectivity index (χ2n) is 9.29. The number of unbranched alkanes of at least 4 members (excludes halogenated alkanes) is 1. The van der Waals surface area contributed by atoms with Crippen molar-refractivity contribution in [2.45, 2.75) is 44.9 Å². The quantitative estimate of drug-likeness (QED) is 0.560. The second-order valence-corrected chi connectivity index (χ2v) is 9.29. The number of aryl methyl sites for hydroxylation is 1. The number of fused-ring (bicyclic) bond motifs is 1. The van der Waals surface area contributed by atoms with Crippen molar-refractivity contribution < 1.29 is 9.90 Å². The van der Waals surface area contributed by atoms with Gasteiger partial charge in [0.2, 0.25) is 0 Å². The van der Waals surface area contributed by atoms with Crippen molar-refractivity contribution in [3.63, 3.8) is 0 Å². The molecule has 2 aliphatic heterocycles. The van der Waals surface area contributed by atoms with Crippen molar-refractivity contribution in [3.05, 3.63) is 87.3 Å². The molecule has 6 nitrogen and oxygen atoms in total. The Morgan fingerprint density at radius 2 is 1.85 bits per heavy atom. The van der Waals surface area contributed by atoms with Gasteiger partial charge >= 0.3 is 0 Å². The van der Waals surface area contributed by atoms with Crippen molar-refractivity contribution >= 4 is 17.3 Å². The number of carbonyl (C=O) groups excluding carboxylic acids is 1. The van der Waals surface area contributed by atoms with Crippen molar-refractivity contribution in [2.75, 3.05) is 24.5 Å². The van der Waals surface area contributed by atoms with Gasteiger partial charge in [-0.15, -0.1) is 0 Å². The first kappa shape index (κ1) is 22.3. The Morgan fingerprint density at radius 3 is 2.65 bits per heavy atom. The fraction of sp³-hybridized carbons (Fsp3) is 0.357. The minimum Gasteiger partial charge on any atom is -0.505 e. The van der Waals surface area contributed by atoms with E-state index in [1.54, 1.807) is 4.90 Å². The van der Waals surface area contributed by atoms with Crippen molar-refractivity contribution in [1.29, 1.82) is 0 Å². The van der Waals surface area contributed by atoms with E-state index in [9.17, 15) is 14.7 Å². The number of H-pyrrole nitrogens is 1. The van der Waals surface area contributed by atoms with Crippen LogP contribution in [0.4, 0.5) is 11.4 Å². The fourth-order valence-corrected chi connectivity index (χ4v) is 5.32. The minimum absolute atomic E-state index is 0.145. The maximum atomic E-state index is 13.5. The van der Waals surface area contributed by atoms with E-state index in [0.717, 1.165) is 31.4 Å².